The normalized spacial score (nSPS) is 14.2. The molecule has 2 aromatic rings. The summed E-state index contributed by atoms with van der Waals surface area (Å²) in [5.41, 5.74) is 1.94. The lowest BCUT2D eigenvalue weighted by atomic mass is 10.1. The lowest BCUT2D eigenvalue weighted by Crippen LogP contribution is -2.21. The van der Waals surface area contributed by atoms with Gasteiger partial charge in [0.05, 0.1) is 11.8 Å². The summed E-state index contributed by atoms with van der Waals surface area (Å²) >= 11 is 0. The van der Waals surface area contributed by atoms with Crippen molar-refractivity contribution in [1.29, 1.82) is 0 Å². The van der Waals surface area contributed by atoms with Gasteiger partial charge < -0.3 is 10.4 Å². The lowest BCUT2D eigenvalue weighted by Gasteiger charge is -2.11. The van der Waals surface area contributed by atoms with Crippen LogP contribution in [0.5, 0.6) is 0 Å². The van der Waals surface area contributed by atoms with Gasteiger partial charge in [-0.15, -0.1) is 0 Å². The first-order chi connectivity index (χ1) is 9.70. The van der Waals surface area contributed by atoms with E-state index in [9.17, 15) is 5.11 Å². The molecule has 2 unspecified atom stereocenters. The quantitative estimate of drug-likeness (QED) is 0.815. The van der Waals surface area contributed by atoms with Crippen LogP contribution in [0.3, 0.4) is 0 Å². The Bertz CT molecular complexity index is 509. The Morgan fingerprint density at radius 1 is 1.25 bits per heavy atom. The number of hydrogen-bond acceptors (Lipinski definition) is 3. The first-order valence-corrected chi connectivity index (χ1v) is 7.18. The van der Waals surface area contributed by atoms with E-state index in [1.807, 2.05) is 47.3 Å². The van der Waals surface area contributed by atoms with Crippen molar-refractivity contribution in [2.45, 2.75) is 39.0 Å². The molecule has 20 heavy (non-hydrogen) atoms. The summed E-state index contributed by atoms with van der Waals surface area (Å²) in [6.45, 7) is 5.51. The first kappa shape index (κ1) is 14.8. The van der Waals surface area contributed by atoms with E-state index in [1.165, 1.54) is 0 Å². The highest BCUT2D eigenvalue weighted by atomic mass is 16.3. The number of nitrogens with zero attached hydrogens (tertiary/aromatic N) is 2. The average molecular weight is 273 g/mol. The van der Waals surface area contributed by atoms with Gasteiger partial charge in [0.1, 0.15) is 0 Å². The summed E-state index contributed by atoms with van der Waals surface area (Å²) in [7, 11) is 0. The molecule has 2 N–H and O–H groups in total. The third kappa shape index (κ3) is 3.92. The van der Waals surface area contributed by atoms with Crippen molar-refractivity contribution >= 4 is 0 Å². The number of hydrogen-bond donors (Lipinski definition) is 2. The van der Waals surface area contributed by atoms with Crippen molar-refractivity contribution < 1.29 is 5.11 Å². The molecule has 0 bridgehead atoms. The van der Waals surface area contributed by atoms with E-state index in [-0.39, 0.29) is 0 Å². The largest absolute Gasteiger partial charge is 0.387 e. The average Bonchev–Trinajstić information content (AvgIpc) is 2.96. The molecule has 0 aliphatic rings. The Morgan fingerprint density at radius 3 is 2.70 bits per heavy atom. The molecule has 1 aromatic heterocycles. The van der Waals surface area contributed by atoms with Gasteiger partial charge in [-0.05, 0) is 25.0 Å². The fourth-order valence-electron chi connectivity index (χ4n) is 2.03. The van der Waals surface area contributed by atoms with E-state index in [4.69, 9.17) is 0 Å². The van der Waals surface area contributed by atoms with E-state index in [1.54, 1.807) is 0 Å². The minimum atomic E-state index is -0.479. The van der Waals surface area contributed by atoms with E-state index in [0.717, 1.165) is 17.7 Å². The second-order valence-electron chi connectivity index (χ2n) is 5.10. The maximum absolute atomic E-state index is 10.0. The number of benzene rings is 1. The third-order valence-corrected chi connectivity index (χ3v) is 3.53. The van der Waals surface area contributed by atoms with Gasteiger partial charge in [-0.25, -0.2) is 0 Å². The second-order valence-corrected chi connectivity index (χ2v) is 5.10. The van der Waals surface area contributed by atoms with Crippen LogP contribution in [0.4, 0.5) is 0 Å². The molecule has 0 amide bonds. The van der Waals surface area contributed by atoms with Crippen LogP contribution in [0.2, 0.25) is 0 Å². The van der Waals surface area contributed by atoms with E-state index < -0.39 is 6.10 Å². The highest BCUT2D eigenvalue weighted by molar-refractivity contribution is 5.17. The summed E-state index contributed by atoms with van der Waals surface area (Å²) in [5.74, 6) is 0. The third-order valence-electron chi connectivity index (χ3n) is 3.53. The van der Waals surface area contributed by atoms with Crippen LogP contribution in [0.1, 0.15) is 43.7 Å². The van der Waals surface area contributed by atoms with Crippen LogP contribution < -0.4 is 5.32 Å². The molecule has 4 heteroatoms. The monoisotopic (exact) mass is 273 g/mol. The van der Waals surface area contributed by atoms with Gasteiger partial charge in [0.15, 0.2) is 0 Å². The topological polar surface area (TPSA) is 50.1 Å². The van der Waals surface area contributed by atoms with Crippen LogP contribution >= 0.6 is 0 Å². The predicted octanol–water partition coefficient (Wildman–Crippen LogP) is 2.68. The summed E-state index contributed by atoms with van der Waals surface area (Å²) in [6, 6.07) is 12.1. The van der Waals surface area contributed by atoms with Crippen LogP contribution in [0.25, 0.3) is 0 Å². The van der Waals surface area contributed by atoms with Gasteiger partial charge in [0.2, 0.25) is 0 Å². The molecule has 4 nitrogen and oxygen atoms in total. The molecule has 1 aromatic carbocycles. The summed E-state index contributed by atoms with van der Waals surface area (Å²) in [5, 5.41) is 17.8. The fraction of sp³-hybridized carbons (Fsp3) is 0.438. The molecule has 0 radical (unpaired) electrons. The molecule has 2 atom stereocenters. The summed E-state index contributed by atoms with van der Waals surface area (Å²) in [6.07, 6.45) is 2.60. The fourth-order valence-corrected chi connectivity index (χ4v) is 2.03. The van der Waals surface area contributed by atoms with E-state index >= 15 is 0 Å². The zero-order valence-corrected chi connectivity index (χ0v) is 12.2. The number of aromatic nitrogens is 2. The number of aliphatic hydroxyl groups is 1. The first-order valence-electron chi connectivity index (χ1n) is 7.18. The van der Waals surface area contributed by atoms with Gasteiger partial charge >= 0.3 is 0 Å². The molecular formula is C16H23N3O. The van der Waals surface area contributed by atoms with Crippen LogP contribution in [-0.4, -0.2) is 21.4 Å². The Labute approximate surface area is 120 Å². The zero-order valence-electron chi connectivity index (χ0n) is 12.2. The molecule has 0 saturated heterocycles. The maximum atomic E-state index is 10.0. The Hall–Kier alpha value is -1.65. The molecule has 0 aliphatic heterocycles. The van der Waals surface area contributed by atoms with Crippen molar-refractivity contribution in [2.24, 2.45) is 0 Å². The van der Waals surface area contributed by atoms with E-state index in [2.05, 4.69) is 24.3 Å². The van der Waals surface area contributed by atoms with Gasteiger partial charge in [0.25, 0.3) is 0 Å². The molecule has 0 aliphatic carbocycles. The minimum Gasteiger partial charge on any atom is -0.387 e. The molecule has 108 valence electrons. The van der Waals surface area contributed by atoms with Crippen molar-refractivity contribution in [1.82, 2.24) is 15.1 Å². The van der Waals surface area contributed by atoms with Crippen molar-refractivity contribution in [3.63, 3.8) is 0 Å². The molecule has 0 saturated carbocycles. The smallest absolute Gasteiger partial charge is 0.0914 e. The maximum Gasteiger partial charge on any atom is 0.0914 e. The molecule has 0 fully saturated rings. The van der Waals surface area contributed by atoms with Crippen LogP contribution in [0, 0.1) is 0 Å². The van der Waals surface area contributed by atoms with Gasteiger partial charge in [-0.1, -0.05) is 37.3 Å². The van der Waals surface area contributed by atoms with Crippen molar-refractivity contribution in [3.05, 3.63) is 53.9 Å². The van der Waals surface area contributed by atoms with Crippen LogP contribution in [0.15, 0.2) is 42.6 Å². The van der Waals surface area contributed by atoms with Gasteiger partial charge in [-0.3, -0.25) is 4.68 Å². The Kier molecular flexibility index (Phi) is 5.32. The highest BCUT2D eigenvalue weighted by Crippen LogP contribution is 2.11. The summed E-state index contributed by atoms with van der Waals surface area (Å²) in [4.78, 5) is 0. The standard InChI is InChI=1S/C16H23N3O/c1-3-13(2)19-10-9-15(18-19)11-17-12-16(20)14-7-5-4-6-8-14/h4-10,13,16-17,20H,3,11-12H2,1-2H3. The predicted molar refractivity (Wildman–Crippen MR) is 80.3 cm³/mol. The molecule has 2 rings (SSSR count). The summed E-state index contributed by atoms with van der Waals surface area (Å²) < 4.78 is 1.99. The molecule has 1 heterocycles. The number of rotatable bonds is 7. The number of nitrogens with one attached hydrogen (secondary N) is 1. The van der Waals surface area contributed by atoms with E-state index in [0.29, 0.717) is 19.1 Å². The minimum absolute atomic E-state index is 0.429. The lowest BCUT2D eigenvalue weighted by molar-refractivity contribution is 0.174. The Balaban J connectivity index is 1.80. The Morgan fingerprint density at radius 2 is 2.00 bits per heavy atom. The highest BCUT2D eigenvalue weighted by Gasteiger charge is 2.07. The van der Waals surface area contributed by atoms with Crippen molar-refractivity contribution in [2.75, 3.05) is 6.54 Å². The molecular weight excluding hydrogens is 250 g/mol. The van der Waals surface area contributed by atoms with Gasteiger partial charge in [0, 0.05) is 25.3 Å². The number of aliphatic hydroxyl groups excluding tert-OH is 1. The zero-order chi connectivity index (χ0) is 14.4. The second kappa shape index (κ2) is 7.22. The molecule has 0 spiro atoms. The van der Waals surface area contributed by atoms with Gasteiger partial charge in [-0.2, -0.15) is 5.10 Å². The SMILES string of the molecule is CCC(C)n1ccc(CNCC(O)c2ccccc2)n1. The van der Waals surface area contributed by atoms with Crippen LogP contribution in [-0.2, 0) is 6.54 Å². The van der Waals surface area contributed by atoms with Crippen molar-refractivity contribution in [3.8, 4) is 0 Å².